The Morgan fingerprint density at radius 1 is 1.13 bits per heavy atom. The van der Waals surface area contributed by atoms with Crippen LogP contribution in [0.4, 0.5) is 11.4 Å². The maximum absolute atomic E-state index is 12.4. The number of ether oxygens (including phenoxy) is 1. The molecule has 0 saturated heterocycles. The molecule has 30 heavy (non-hydrogen) atoms. The summed E-state index contributed by atoms with van der Waals surface area (Å²) in [6.07, 6.45) is 0.738. The Morgan fingerprint density at radius 3 is 2.37 bits per heavy atom. The molecular formula is C22H27N3O5. The van der Waals surface area contributed by atoms with Gasteiger partial charge in [-0.2, -0.15) is 0 Å². The maximum atomic E-state index is 12.4. The molecule has 0 aliphatic heterocycles. The number of carbonyl (C=O) groups is 2. The van der Waals surface area contributed by atoms with E-state index in [-0.39, 0.29) is 17.3 Å². The molecule has 0 bridgehead atoms. The van der Waals surface area contributed by atoms with Crippen molar-refractivity contribution >= 4 is 23.3 Å². The molecular weight excluding hydrogens is 386 g/mol. The average molecular weight is 413 g/mol. The zero-order chi connectivity index (χ0) is 22.3. The summed E-state index contributed by atoms with van der Waals surface area (Å²) >= 11 is 0. The minimum Gasteiger partial charge on any atom is -0.452 e. The van der Waals surface area contributed by atoms with Crippen molar-refractivity contribution in [2.45, 2.75) is 26.3 Å². The number of anilines is 1. The van der Waals surface area contributed by atoms with Crippen LogP contribution >= 0.6 is 0 Å². The smallest absolute Gasteiger partial charge is 0.338 e. The first-order valence-corrected chi connectivity index (χ1v) is 9.66. The number of rotatable bonds is 9. The number of benzene rings is 2. The molecule has 1 amide bonds. The highest BCUT2D eigenvalue weighted by atomic mass is 16.6. The van der Waals surface area contributed by atoms with E-state index >= 15 is 0 Å². The molecule has 0 aliphatic rings. The summed E-state index contributed by atoms with van der Waals surface area (Å²) in [6.45, 7) is 3.66. The van der Waals surface area contributed by atoms with Crippen molar-refractivity contribution in [3.05, 3.63) is 69.8 Å². The second-order valence-electron chi connectivity index (χ2n) is 7.59. The minimum absolute atomic E-state index is 0.0156. The van der Waals surface area contributed by atoms with E-state index in [1.165, 1.54) is 12.1 Å². The van der Waals surface area contributed by atoms with Crippen LogP contribution in [0, 0.1) is 16.0 Å². The molecule has 2 aromatic rings. The molecule has 0 heterocycles. The predicted octanol–water partition coefficient (Wildman–Crippen LogP) is 3.72. The number of nitrogens with zero attached hydrogens (tertiary/aromatic N) is 2. The lowest BCUT2D eigenvalue weighted by Gasteiger charge is -2.21. The highest BCUT2D eigenvalue weighted by Gasteiger charge is 2.21. The lowest BCUT2D eigenvalue weighted by Crippen LogP contribution is -2.33. The van der Waals surface area contributed by atoms with Crippen molar-refractivity contribution in [2.24, 2.45) is 5.92 Å². The van der Waals surface area contributed by atoms with Crippen LogP contribution in [-0.4, -0.2) is 37.5 Å². The molecule has 160 valence electrons. The number of esters is 1. The van der Waals surface area contributed by atoms with E-state index in [0.717, 1.165) is 18.1 Å². The van der Waals surface area contributed by atoms with Crippen molar-refractivity contribution < 1.29 is 19.2 Å². The third-order valence-electron chi connectivity index (χ3n) is 4.47. The van der Waals surface area contributed by atoms with Crippen molar-refractivity contribution in [3.8, 4) is 0 Å². The fraction of sp³-hybridized carbons (Fsp3) is 0.364. The van der Waals surface area contributed by atoms with Gasteiger partial charge in [0.1, 0.15) is 5.69 Å². The fourth-order valence-corrected chi connectivity index (χ4v) is 3.06. The van der Waals surface area contributed by atoms with Gasteiger partial charge in [0.2, 0.25) is 0 Å². The quantitative estimate of drug-likeness (QED) is 0.382. The van der Waals surface area contributed by atoms with Gasteiger partial charge in [0.05, 0.1) is 16.5 Å². The molecule has 0 aromatic heterocycles. The second kappa shape index (κ2) is 10.4. The van der Waals surface area contributed by atoms with Crippen LogP contribution < -0.4 is 10.2 Å². The molecule has 1 atom stereocenters. The Balaban J connectivity index is 2.03. The second-order valence-corrected chi connectivity index (χ2v) is 7.59. The summed E-state index contributed by atoms with van der Waals surface area (Å²) < 4.78 is 5.08. The minimum atomic E-state index is -0.793. The molecule has 2 aromatic carbocycles. The van der Waals surface area contributed by atoms with Crippen LogP contribution in [-0.2, 0) is 9.53 Å². The lowest BCUT2D eigenvalue weighted by molar-refractivity contribution is -0.384. The van der Waals surface area contributed by atoms with Crippen molar-refractivity contribution in [3.63, 3.8) is 0 Å². The zero-order valence-electron chi connectivity index (χ0n) is 17.6. The number of hydrogen-bond donors (Lipinski definition) is 1. The van der Waals surface area contributed by atoms with Crippen LogP contribution in [0.1, 0.15) is 42.2 Å². The molecule has 0 spiro atoms. The highest BCUT2D eigenvalue weighted by molar-refractivity contribution is 5.93. The molecule has 8 nitrogen and oxygen atoms in total. The van der Waals surface area contributed by atoms with Gasteiger partial charge in [-0.3, -0.25) is 14.9 Å². The fourth-order valence-electron chi connectivity index (χ4n) is 3.06. The summed E-state index contributed by atoms with van der Waals surface area (Å²) in [5, 5.41) is 14.2. The first-order valence-electron chi connectivity index (χ1n) is 9.66. The number of amides is 1. The van der Waals surface area contributed by atoms with Gasteiger partial charge in [-0.1, -0.05) is 44.2 Å². The van der Waals surface area contributed by atoms with Crippen LogP contribution in [0.5, 0.6) is 0 Å². The number of nitro groups is 1. The molecule has 1 N–H and O–H groups in total. The van der Waals surface area contributed by atoms with E-state index in [0.29, 0.717) is 11.6 Å². The van der Waals surface area contributed by atoms with Gasteiger partial charge >= 0.3 is 5.97 Å². The van der Waals surface area contributed by atoms with Crippen LogP contribution in [0.15, 0.2) is 48.5 Å². The van der Waals surface area contributed by atoms with Crippen molar-refractivity contribution in [1.82, 2.24) is 5.32 Å². The summed E-state index contributed by atoms with van der Waals surface area (Å²) in [7, 11) is 3.34. The number of nitro benzene ring substituents is 1. The Kier molecular flexibility index (Phi) is 7.91. The van der Waals surface area contributed by atoms with Gasteiger partial charge in [-0.05, 0) is 30.0 Å². The number of carbonyl (C=O) groups excluding carboxylic acids is 2. The van der Waals surface area contributed by atoms with Gasteiger partial charge in [-0.15, -0.1) is 0 Å². The summed E-state index contributed by atoms with van der Waals surface area (Å²) in [5.74, 6) is -0.871. The van der Waals surface area contributed by atoms with Crippen LogP contribution in [0.25, 0.3) is 0 Å². The summed E-state index contributed by atoms with van der Waals surface area (Å²) in [4.78, 5) is 37.0. The van der Waals surface area contributed by atoms with E-state index in [1.54, 1.807) is 19.0 Å². The standard InChI is InChI=1S/C22H27N3O5/c1-15(2)12-18(16-8-6-5-7-9-16)23-21(26)14-30-22(27)17-10-11-19(24(3)4)20(13-17)25(28)29/h5-11,13,15,18H,12,14H2,1-4H3,(H,23,26)/t18-/m1/s1. The molecule has 0 fully saturated rings. The third-order valence-corrected chi connectivity index (χ3v) is 4.47. The van der Waals surface area contributed by atoms with Crippen molar-refractivity contribution in [1.29, 1.82) is 0 Å². The Morgan fingerprint density at radius 2 is 1.80 bits per heavy atom. The first kappa shape index (κ1) is 22.9. The average Bonchev–Trinajstić information content (AvgIpc) is 2.71. The third kappa shape index (κ3) is 6.30. The van der Waals surface area contributed by atoms with Gasteiger partial charge < -0.3 is 15.0 Å². The Labute approximate surface area is 176 Å². The first-order chi connectivity index (χ1) is 14.2. The van der Waals surface area contributed by atoms with Crippen LogP contribution in [0.2, 0.25) is 0 Å². The maximum Gasteiger partial charge on any atom is 0.338 e. The topological polar surface area (TPSA) is 102 Å². The molecule has 8 heteroatoms. The van der Waals surface area contributed by atoms with E-state index in [4.69, 9.17) is 4.74 Å². The van der Waals surface area contributed by atoms with Gasteiger partial charge in [-0.25, -0.2) is 4.79 Å². The number of hydrogen-bond acceptors (Lipinski definition) is 6. The molecule has 0 radical (unpaired) electrons. The summed E-state index contributed by atoms with van der Waals surface area (Å²) in [5.41, 5.74) is 1.15. The highest BCUT2D eigenvalue weighted by Crippen LogP contribution is 2.28. The monoisotopic (exact) mass is 413 g/mol. The lowest BCUT2D eigenvalue weighted by atomic mass is 9.97. The SMILES string of the molecule is CC(C)C[C@@H](NC(=O)COC(=O)c1ccc(N(C)C)c([N+](=O)[O-])c1)c1ccccc1. The van der Waals surface area contributed by atoms with E-state index in [2.05, 4.69) is 19.2 Å². The van der Waals surface area contributed by atoms with Crippen molar-refractivity contribution in [2.75, 3.05) is 25.6 Å². The van der Waals surface area contributed by atoms with Gasteiger partial charge in [0.25, 0.3) is 11.6 Å². The largest absolute Gasteiger partial charge is 0.452 e. The van der Waals surface area contributed by atoms with E-state index < -0.39 is 23.4 Å². The number of nitrogens with one attached hydrogen (secondary N) is 1. The normalized spacial score (nSPS) is 11.6. The van der Waals surface area contributed by atoms with E-state index in [1.807, 2.05) is 30.3 Å². The Hall–Kier alpha value is -3.42. The molecule has 0 saturated carbocycles. The summed E-state index contributed by atoms with van der Waals surface area (Å²) in [6, 6.07) is 13.4. The molecule has 0 aliphatic carbocycles. The predicted molar refractivity (Wildman–Crippen MR) is 114 cm³/mol. The zero-order valence-corrected chi connectivity index (χ0v) is 17.6. The molecule has 0 unspecified atom stereocenters. The Bertz CT molecular complexity index is 897. The van der Waals surface area contributed by atoms with Gasteiger partial charge in [0, 0.05) is 20.2 Å². The van der Waals surface area contributed by atoms with E-state index in [9.17, 15) is 19.7 Å². The van der Waals surface area contributed by atoms with Crippen LogP contribution in [0.3, 0.4) is 0 Å². The van der Waals surface area contributed by atoms with Gasteiger partial charge in [0.15, 0.2) is 6.61 Å². The molecule has 2 rings (SSSR count).